The Morgan fingerprint density at radius 2 is 1.34 bits per heavy atom. The van der Waals surface area contributed by atoms with Gasteiger partial charge in [0, 0.05) is 17.1 Å². The minimum atomic E-state index is 1.16. The van der Waals surface area contributed by atoms with Gasteiger partial charge in [-0.15, -0.1) is 0 Å². The number of unbranched alkanes of at least 4 members (excludes halogenated alkanes) is 8. The topological polar surface area (TPSA) is 28.1 Å². The van der Waals surface area contributed by atoms with E-state index in [1.807, 2.05) is 0 Å². The second-order valence-corrected chi connectivity index (χ2v) is 8.93. The summed E-state index contributed by atoms with van der Waals surface area (Å²) in [7, 11) is 0. The van der Waals surface area contributed by atoms with Gasteiger partial charge in [-0.2, -0.15) is 0 Å². The highest BCUT2D eigenvalue weighted by Gasteiger charge is 2.18. The number of H-pyrrole nitrogens is 1. The van der Waals surface area contributed by atoms with Gasteiger partial charge in [0.2, 0.25) is 0 Å². The molecule has 0 bridgehead atoms. The van der Waals surface area contributed by atoms with E-state index in [-0.39, 0.29) is 0 Å². The van der Waals surface area contributed by atoms with Gasteiger partial charge in [0.1, 0.15) is 0 Å². The molecule has 0 aliphatic carbocycles. The van der Waals surface area contributed by atoms with Crippen LogP contribution in [0.2, 0.25) is 0 Å². The third kappa shape index (κ3) is 6.73. The SMILES string of the molecule is CCCCCCCC1=C(C)/C(=C\c2[nH]c(C)c(CCCCCCC)c2C)N=C1C. The smallest absolute Gasteiger partial charge is 0.0686 e. The molecule has 1 aromatic rings. The second-order valence-electron chi connectivity index (χ2n) is 8.93. The van der Waals surface area contributed by atoms with Crippen LogP contribution in [0.4, 0.5) is 0 Å². The number of aromatic nitrogens is 1. The maximum atomic E-state index is 4.92. The largest absolute Gasteiger partial charge is 0.359 e. The van der Waals surface area contributed by atoms with E-state index in [1.165, 1.54) is 116 Å². The monoisotopic (exact) mass is 396 g/mol. The van der Waals surface area contributed by atoms with Crippen molar-refractivity contribution in [3.8, 4) is 0 Å². The van der Waals surface area contributed by atoms with Crippen LogP contribution in [0.25, 0.3) is 6.08 Å². The number of allylic oxidation sites excluding steroid dienone is 2. The Morgan fingerprint density at radius 3 is 1.97 bits per heavy atom. The van der Waals surface area contributed by atoms with Gasteiger partial charge in [-0.1, -0.05) is 65.2 Å². The van der Waals surface area contributed by atoms with E-state index in [0.717, 1.165) is 5.70 Å². The fourth-order valence-electron chi connectivity index (χ4n) is 4.55. The van der Waals surface area contributed by atoms with Crippen LogP contribution in [0.3, 0.4) is 0 Å². The van der Waals surface area contributed by atoms with Gasteiger partial charge in [0.05, 0.1) is 5.70 Å². The third-order valence-electron chi connectivity index (χ3n) is 6.53. The molecular formula is C27H44N2. The maximum Gasteiger partial charge on any atom is 0.0686 e. The van der Waals surface area contributed by atoms with Crippen LogP contribution < -0.4 is 0 Å². The molecule has 0 amide bonds. The first kappa shape index (κ1) is 23.7. The first-order valence-electron chi connectivity index (χ1n) is 12.1. The van der Waals surface area contributed by atoms with E-state index in [0.29, 0.717) is 0 Å². The molecule has 2 heterocycles. The fraction of sp³-hybridized carbons (Fsp3) is 0.667. The van der Waals surface area contributed by atoms with Crippen molar-refractivity contribution in [3.05, 3.63) is 39.4 Å². The van der Waals surface area contributed by atoms with Crippen molar-refractivity contribution in [2.45, 2.75) is 119 Å². The Morgan fingerprint density at radius 1 is 0.759 bits per heavy atom. The summed E-state index contributed by atoms with van der Waals surface area (Å²) in [5, 5.41) is 0. The average Bonchev–Trinajstić information content (AvgIpc) is 3.11. The number of nitrogens with zero attached hydrogens (tertiary/aromatic N) is 1. The maximum absolute atomic E-state index is 4.92. The Kier molecular flexibility index (Phi) is 9.97. The molecule has 1 aliphatic heterocycles. The van der Waals surface area contributed by atoms with Crippen LogP contribution in [0.5, 0.6) is 0 Å². The molecule has 0 aromatic carbocycles. The zero-order chi connectivity index (χ0) is 21.2. The predicted molar refractivity (Wildman–Crippen MR) is 130 cm³/mol. The summed E-state index contributed by atoms with van der Waals surface area (Å²) in [5.74, 6) is 0. The lowest BCUT2D eigenvalue weighted by atomic mass is 9.98. The highest BCUT2D eigenvalue weighted by Crippen LogP contribution is 2.31. The lowest BCUT2D eigenvalue weighted by molar-refractivity contribution is 0.631. The van der Waals surface area contributed by atoms with Crippen molar-refractivity contribution in [2.24, 2.45) is 4.99 Å². The quantitative estimate of drug-likeness (QED) is 0.323. The molecule has 2 rings (SSSR count). The average molecular weight is 397 g/mol. The molecule has 2 nitrogen and oxygen atoms in total. The number of aliphatic imine (C=N–C) groups is 1. The lowest BCUT2D eigenvalue weighted by Crippen LogP contribution is -1.95. The number of rotatable bonds is 13. The minimum absolute atomic E-state index is 1.16. The van der Waals surface area contributed by atoms with Gasteiger partial charge in [-0.25, -0.2) is 0 Å². The van der Waals surface area contributed by atoms with Gasteiger partial charge >= 0.3 is 0 Å². The van der Waals surface area contributed by atoms with Gasteiger partial charge in [-0.3, -0.25) is 4.99 Å². The number of aromatic amines is 1. The van der Waals surface area contributed by atoms with Crippen molar-refractivity contribution < 1.29 is 0 Å². The van der Waals surface area contributed by atoms with Gasteiger partial charge in [-0.05, 0) is 81.7 Å². The summed E-state index contributed by atoms with van der Waals surface area (Å²) in [6, 6.07) is 0. The van der Waals surface area contributed by atoms with E-state index < -0.39 is 0 Å². The Labute approximate surface area is 180 Å². The normalized spacial score (nSPS) is 15.7. The molecule has 0 spiro atoms. The van der Waals surface area contributed by atoms with Crippen molar-refractivity contribution in [2.75, 3.05) is 0 Å². The molecular weight excluding hydrogens is 352 g/mol. The van der Waals surface area contributed by atoms with Crippen molar-refractivity contribution in [3.63, 3.8) is 0 Å². The molecule has 162 valence electrons. The number of hydrogen-bond acceptors (Lipinski definition) is 1. The van der Waals surface area contributed by atoms with E-state index >= 15 is 0 Å². The zero-order valence-electron chi connectivity index (χ0n) is 20.0. The lowest BCUT2D eigenvalue weighted by Gasteiger charge is -2.05. The molecule has 1 aliphatic rings. The zero-order valence-corrected chi connectivity index (χ0v) is 20.0. The molecule has 0 radical (unpaired) electrons. The summed E-state index contributed by atoms with van der Waals surface area (Å²) >= 11 is 0. The molecule has 29 heavy (non-hydrogen) atoms. The van der Waals surface area contributed by atoms with E-state index in [4.69, 9.17) is 4.99 Å². The molecule has 0 saturated carbocycles. The van der Waals surface area contributed by atoms with Crippen molar-refractivity contribution in [1.29, 1.82) is 0 Å². The molecule has 0 fully saturated rings. The van der Waals surface area contributed by atoms with Crippen LogP contribution in [-0.2, 0) is 6.42 Å². The summed E-state index contributed by atoms with van der Waals surface area (Å²) in [6.07, 6.45) is 18.0. The Balaban J connectivity index is 2.04. The van der Waals surface area contributed by atoms with Crippen LogP contribution in [0.1, 0.15) is 121 Å². The first-order valence-corrected chi connectivity index (χ1v) is 12.1. The summed E-state index contributed by atoms with van der Waals surface area (Å²) in [5.41, 5.74) is 10.8. The summed E-state index contributed by atoms with van der Waals surface area (Å²) in [6.45, 7) is 13.5. The second kappa shape index (κ2) is 12.2. The molecule has 0 atom stereocenters. The van der Waals surface area contributed by atoms with Crippen LogP contribution in [-0.4, -0.2) is 10.7 Å². The fourth-order valence-corrected chi connectivity index (χ4v) is 4.55. The number of nitrogens with one attached hydrogen (secondary N) is 1. The van der Waals surface area contributed by atoms with Gasteiger partial charge in [0.25, 0.3) is 0 Å². The van der Waals surface area contributed by atoms with Gasteiger partial charge in [0.15, 0.2) is 0 Å². The highest BCUT2D eigenvalue weighted by molar-refractivity contribution is 6.03. The minimum Gasteiger partial charge on any atom is -0.359 e. The molecule has 2 heteroatoms. The molecule has 0 saturated heterocycles. The van der Waals surface area contributed by atoms with Gasteiger partial charge < -0.3 is 4.98 Å². The number of hydrogen-bond donors (Lipinski definition) is 1. The molecule has 1 aromatic heterocycles. The van der Waals surface area contributed by atoms with Crippen LogP contribution >= 0.6 is 0 Å². The van der Waals surface area contributed by atoms with E-state index in [1.54, 1.807) is 0 Å². The van der Waals surface area contributed by atoms with Crippen molar-refractivity contribution >= 4 is 11.8 Å². The van der Waals surface area contributed by atoms with Crippen molar-refractivity contribution in [1.82, 2.24) is 4.98 Å². The summed E-state index contributed by atoms with van der Waals surface area (Å²) in [4.78, 5) is 8.56. The molecule has 0 unspecified atom stereocenters. The predicted octanol–water partition coefficient (Wildman–Crippen LogP) is 8.64. The summed E-state index contributed by atoms with van der Waals surface area (Å²) < 4.78 is 0. The van der Waals surface area contributed by atoms with E-state index in [2.05, 4.69) is 52.6 Å². The number of aryl methyl sites for hydroxylation is 1. The Bertz CT molecular complexity index is 743. The van der Waals surface area contributed by atoms with Crippen LogP contribution in [0, 0.1) is 13.8 Å². The van der Waals surface area contributed by atoms with Crippen LogP contribution in [0.15, 0.2) is 21.8 Å². The first-order chi connectivity index (χ1) is 14.0. The molecule has 1 N–H and O–H groups in total. The standard InChI is InChI=1S/C27H44N2/c1-7-9-11-13-15-17-24-20(3)26(28-22(24)5)19-27-21(4)25(23(6)29-27)18-16-14-12-10-8-2/h19,28H,7-18H2,1-6H3/b27-19+. The Hall–Kier alpha value is -1.57. The third-order valence-corrected chi connectivity index (χ3v) is 6.53. The highest BCUT2D eigenvalue weighted by atomic mass is 14.8. The van der Waals surface area contributed by atoms with E-state index in [9.17, 15) is 0 Å².